The van der Waals surface area contributed by atoms with Crippen molar-refractivity contribution < 1.29 is 9.13 Å². The van der Waals surface area contributed by atoms with Crippen LogP contribution < -0.4 is 9.64 Å². The van der Waals surface area contributed by atoms with E-state index in [9.17, 15) is 4.39 Å². The molecule has 1 aliphatic rings. The van der Waals surface area contributed by atoms with Crippen LogP contribution in [0.1, 0.15) is 6.42 Å². The van der Waals surface area contributed by atoms with Crippen LogP contribution in [0, 0.1) is 11.7 Å². The highest BCUT2D eigenvalue weighted by Gasteiger charge is 2.26. The first kappa shape index (κ1) is 13.9. The molecule has 0 spiro atoms. The van der Waals surface area contributed by atoms with Crippen molar-refractivity contribution in [2.45, 2.75) is 6.42 Å². The molecule has 4 rings (SSSR count). The maximum absolute atomic E-state index is 13.7. The lowest BCUT2D eigenvalue weighted by atomic mass is 10.1. The van der Waals surface area contributed by atoms with E-state index in [2.05, 4.69) is 20.1 Å². The van der Waals surface area contributed by atoms with Gasteiger partial charge in [-0.05, 0) is 12.5 Å². The molecule has 1 saturated heterocycles. The maximum Gasteiger partial charge on any atom is 0.231 e. The van der Waals surface area contributed by atoms with Gasteiger partial charge in [0.25, 0.3) is 0 Å². The third-order valence-electron chi connectivity index (χ3n) is 3.93. The molecule has 0 bridgehead atoms. The molecule has 3 aromatic heterocycles. The van der Waals surface area contributed by atoms with Crippen molar-refractivity contribution >= 4 is 11.5 Å². The van der Waals surface area contributed by atoms with E-state index < -0.39 is 0 Å². The number of fused-ring (bicyclic) bond motifs is 1. The molecule has 118 valence electrons. The second-order valence-electron chi connectivity index (χ2n) is 5.51. The number of rotatable bonds is 4. The molecule has 1 atom stereocenters. The van der Waals surface area contributed by atoms with E-state index in [4.69, 9.17) is 4.74 Å². The van der Waals surface area contributed by atoms with Gasteiger partial charge in [-0.1, -0.05) is 0 Å². The fourth-order valence-corrected chi connectivity index (χ4v) is 2.78. The molecule has 0 aromatic carbocycles. The molecule has 7 nitrogen and oxygen atoms in total. The Bertz CT molecular complexity index is 822. The summed E-state index contributed by atoms with van der Waals surface area (Å²) >= 11 is 0. The van der Waals surface area contributed by atoms with Crippen LogP contribution in [0.25, 0.3) is 5.65 Å². The average Bonchev–Trinajstić information content (AvgIpc) is 3.22. The van der Waals surface area contributed by atoms with Gasteiger partial charge >= 0.3 is 0 Å². The lowest BCUT2D eigenvalue weighted by Crippen LogP contribution is -2.24. The minimum atomic E-state index is -0.388. The first-order valence-corrected chi connectivity index (χ1v) is 7.43. The molecule has 0 saturated carbocycles. The summed E-state index contributed by atoms with van der Waals surface area (Å²) in [4.78, 5) is 13.8. The van der Waals surface area contributed by atoms with Crippen molar-refractivity contribution in [2.24, 2.45) is 5.92 Å². The van der Waals surface area contributed by atoms with E-state index in [0.717, 1.165) is 18.6 Å². The number of ether oxygens (including phenoxy) is 1. The molecule has 1 aliphatic heterocycles. The first-order chi connectivity index (χ1) is 11.3. The molecule has 0 amide bonds. The van der Waals surface area contributed by atoms with Gasteiger partial charge in [-0.2, -0.15) is 0 Å². The SMILES string of the molecule is Fc1cncnc1N1CCC(COc2ccc3nccn3n2)C1. The second kappa shape index (κ2) is 5.79. The molecule has 8 heteroatoms. The predicted octanol–water partition coefficient (Wildman–Crippen LogP) is 1.56. The minimum Gasteiger partial charge on any atom is -0.476 e. The fourth-order valence-electron chi connectivity index (χ4n) is 2.78. The Morgan fingerprint density at radius 1 is 1.30 bits per heavy atom. The lowest BCUT2D eigenvalue weighted by Gasteiger charge is -2.17. The maximum atomic E-state index is 13.7. The molecule has 1 unspecified atom stereocenters. The molecule has 4 heterocycles. The number of aromatic nitrogens is 5. The minimum absolute atomic E-state index is 0.310. The Morgan fingerprint density at radius 3 is 3.17 bits per heavy atom. The van der Waals surface area contributed by atoms with Crippen LogP contribution in [0.5, 0.6) is 5.88 Å². The topological polar surface area (TPSA) is 68.4 Å². The summed E-state index contributed by atoms with van der Waals surface area (Å²) in [5, 5.41) is 4.33. The molecule has 3 aromatic rings. The highest BCUT2D eigenvalue weighted by atomic mass is 19.1. The molecule has 0 aliphatic carbocycles. The summed E-state index contributed by atoms with van der Waals surface area (Å²) < 4.78 is 21.2. The summed E-state index contributed by atoms with van der Waals surface area (Å²) in [5.41, 5.74) is 0.781. The Kier molecular flexibility index (Phi) is 3.49. The summed E-state index contributed by atoms with van der Waals surface area (Å²) in [6.45, 7) is 2.01. The average molecular weight is 314 g/mol. The number of nitrogens with zero attached hydrogens (tertiary/aromatic N) is 6. The highest BCUT2D eigenvalue weighted by molar-refractivity contribution is 5.40. The number of anilines is 1. The Labute approximate surface area is 131 Å². The largest absolute Gasteiger partial charge is 0.476 e. The van der Waals surface area contributed by atoms with Gasteiger partial charge in [-0.25, -0.2) is 23.9 Å². The zero-order chi connectivity index (χ0) is 15.6. The molecule has 0 N–H and O–H groups in total. The molecule has 1 fully saturated rings. The smallest absolute Gasteiger partial charge is 0.231 e. The van der Waals surface area contributed by atoms with E-state index >= 15 is 0 Å². The van der Waals surface area contributed by atoms with E-state index in [1.165, 1.54) is 12.5 Å². The fraction of sp³-hybridized carbons (Fsp3) is 0.333. The summed E-state index contributed by atoms with van der Waals surface area (Å²) in [6.07, 6.45) is 6.95. The molecule has 23 heavy (non-hydrogen) atoms. The van der Waals surface area contributed by atoms with Crippen LogP contribution in [0.2, 0.25) is 0 Å². The van der Waals surface area contributed by atoms with E-state index in [0.29, 0.717) is 30.8 Å². The van der Waals surface area contributed by atoms with Crippen molar-refractivity contribution in [2.75, 3.05) is 24.6 Å². The predicted molar refractivity (Wildman–Crippen MR) is 80.8 cm³/mol. The van der Waals surface area contributed by atoms with Crippen LogP contribution in [0.4, 0.5) is 10.2 Å². The number of imidazole rings is 1. The quantitative estimate of drug-likeness (QED) is 0.728. The number of hydrogen-bond acceptors (Lipinski definition) is 6. The van der Waals surface area contributed by atoms with Crippen LogP contribution in [-0.2, 0) is 0 Å². The summed E-state index contributed by atoms with van der Waals surface area (Å²) in [6, 6.07) is 3.67. The van der Waals surface area contributed by atoms with Gasteiger partial charge in [0.1, 0.15) is 6.33 Å². The zero-order valence-corrected chi connectivity index (χ0v) is 12.3. The van der Waals surface area contributed by atoms with Crippen molar-refractivity contribution in [3.8, 4) is 5.88 Å². The third kappa shape index (κ3) is 2.79. The Hall–Kier alpha value is -2.77. The second-order valence-corrected chi connectivity index (χ2v) is 5.51. The summed E-state index contributed by atoms with van der Waals surface area (Å²) in [5.74, 6) is 0.841. The third-order valence-corrected chi connectivity index (χ3v) is 3.93. The van der Waals surface area contributed by atoms with Crippen LogP contribution >= 0.6 is 0 Å². The molecular formula is C15H15FN6O. The van der Waals surface area contributed by atoms with E-state index in [1.807, 2.05) is 11.0 Å². The molecule has 0 radical (unpaired) electrons. The van der Waals surface area contributed by atoms with Gasteiger partial charge in [0, 0.05) is 37.5 Å². The van der Waals surface area contributed by atoms with Gasteiger partial charge in [0.05, 0.1) is 12.8 Å². The Morgan fingerprint density at radius 2 is 2.26 bits per heavy atom. The lowest BCUT2D eigenvalue weighted by molar-refractivity contribution is 0.248. The molecular weight excluding hydrogens is 299 g/mol. The standard InChI is InChI=1S/C15H15FN6O/c16-12-7-17-10-19-15(12)21-5-3-11(8-21)9-23-14-2-1-13-18-4-6-22(13)20-14/h1-2,4,6-7,10-11H,3,5,8-9H2. The van der Waals surface area contributed by atoms with Crippen LogP contribution in [-0.4, -0.2) is 44.3 Å². The number of hydrogen-bond donors (Lipinski definition) is 0. The van der Waals surface area contributed by atoms with Gasteiger partial charge in [-0.15, -0.1) is 5.10 Å². The van der Waals surface area contributed by atoms with Gasteiger partial charge in [0.15, 0.2) is 17.3 Å². The van der Waals surface area contributed by atoms with Crippen LogP contribution in [0.15, 0.2) is 37.1 Å². The van der Waals surface area contributed by atoms with E-state index in [-0.39, 0.29) is 5.82 Å². The van der Waals surface area contributed by atoms with Crippen molar-refractivity contribution in [1.82, 2.24) is 24.6 Å². The monoisotopic (exact) mass is 314 g/mol. The zero-order valence-electron chi connectivity index (χ0n) is 12.3. The van der Waals surface area contributed by atoms with Crippen molar-refractivity contribution in [1.29, 1.82) is 0 Å². The number of halogens is 1. The van der Waals surface area contributed by atoms with Crippen molar-refractivity contribution in [3.05, 3.63) is 42.9 Å². The summed E-state index contributed by atoms with van der Waals surface area (Å²) in [7, 11) is 0. The normalized spacial score (nSPS) is 17.8. The van der Waals surface area contributed by atoms with Gasteiger partial charge in [0.2, 0.25) is 5.88 Å². The van der Waals surface area contributed by atoms with E-state index in [1.54, 1.807) is 23.0 Å². The Balaban J connectivity index is 1.38. The van der Waals surface area contributed by atoms with Crippen molar-refractivity contribution in [3.63, 3.8) is 0 Å². The van der Waals surface area contributed by atoms with Gasteiger partial charge < -0.3 is 9.64 Å². The highest BCUT2D eigenvalue weighted by Crippen LogP contribution is 2.24. The van der Waals surface area contributed by atoms with Crippen LogP contribution in [0.3, 0.4) is 0 Å². The first-order valence-electron chi connectivity index (χ1n) is 7.43. The van der Waals surface area contributed by atoms with Gasteiger partial charge in [-0.3, -0.25) is 0 Å².